The summed E-state index contributed by atoms with van der Waals surface area (Å²) < 4.78 is 0. The monoisotopic (exact) mass is 316 g/mol. The molecule has 2 aromatic rings. The van der Waals surface area contributed by atoms with Crippen molar-refractivity contribution in [3.05, 3.63) is 63.9 Å². The fourth-order valence-electron chi connectivity index (χ4n) is 2.63. The van der Waals surface area contributed by atoms with Gasteiger partial charge in [0, 0.05) is 23.0 Å². The number of fused-ring (bicyclic) bond motifs is 1. The van der Waals surface area contributed by atoms with Gasteiger partial charge in [0.05, 0.1) is 12.5 Å². The molecule has 2 N–H and O–H groups in total. The number of carbonyl (C=O) groups excluding carboxylic acids is 1. The molecule has 5 nitrogen and oxygen atoms in total. The second-order valence-electron chi connectivity index (χ2n) is 5.23. The maximum Gasteiger partial charge on any atom is 0.307 e. The first-order valence-electron chi connectivity index (χ1n) is 6.78. The zero-order valence-corrected chi connectivity index (χ0v) is 12.3. The van der Waals surface area contributed by atoms with E-state index in [0.717, 1.165) is 11.1 Å². The number of benzene rings is 1. The third-order valence-electron chi connectivity index (χ3n) is 3.62. The second kappa shape index (κ2) is 5.77. The van der Waals surface area contributed by atoms with Gasteiger partial charge in [-0.05, 0) is 41.3 Å². The summed E-state index contributed by atoms with van der Waals surface area (Å²) in [5.41, 5.74) is 2.90. The number of nitrogens with one attached hydrogen (secondary N) is 1. The number of amides is 1. The summed E-state index contributed by atoms with van der Waals surface area (Å²) in [6.45, 7) is 0. The molecule has 1 aromatic heterocycles. The van der Waals surface area contributed by atoms with E-state index in [9.17, 15) is 9.59 Å². The fraction of sp³-hybridized carbons (Fsp3) is 0.188. The van der Waals surface area contributed by atoms with Crippen molar-refractivity contribution in [1.82, 2.24) is 10.3 Å². The second-order valence-corrected chi connectivity index (χ2v) is 5.67. The van der Waals surface area contributed by atoms with Crippen LogP contribution < -0.4 is 5.32 Å². The number of hydrogen-bond donors (Lipinski definition) is 2. The Kier molecular flexibility index (Phi) is 3.81. The number of hydrogen-bond acceptors (Lipinski definition) is 3. The van der Waals surface area contributed by atoms with Crippen LogP contribution in [0.3, 0.4) is 0 Å². The van der Waals surface area contributed by atoms with Gasteiger partial charge in [-0.15, -0.1) is 0 Å². The number of halogens is 1. The maximum absolute atomic E-state index is 12.2. The van der Waals surface area contributed by atoms with E-state index in [-0.39, 0.29) is 18.4 Å². The molecule has 22 heavy (non-hydrogen) atoms. The smallest absolute Gasteiger partial charge is 0.307 e. The molecule has 0 radical (unpaired) electrons. The standard InChI is InChI=1S/C16H13ClN2O3/c17-12-1-2-13-10(5-12)6-14(19-16(13)22)11-3-9(4-15(20)21)7-18-8-11/h1-3,5,7-8,14H,4,6H2,(H,19,22)(H,20,21). The Morgan fingerprint density at radius 3 is 2.95 bits per heavy atom. The molecule has 0 saturated heterocycles. The molecule has 112 valence electrons. The molecule has 0 spiro atoms. The van der Waals surface area contributed by atoms with E-state index in [1.165, 1.54) is 6.20 Å². The van der Waals surface area contributed by atoms with Crippen molar-refractivity contribution in [2.45, 2.75) is 18.9 Å². The van der Waals surface area contributed by atoms with Gasteiger partial charge in [-0.25, -0.2) is 0 Å². The highest BCUT2D eigenvalue weighted by atomic mass is 35.5. The summed E-state index contributed by atoms with van der Waals surface area (Å²) in [5.74, 6) is -1.07. The van der Waals surface area contributed by atoms with Gasteiger partial charge in [0.2, 0.25) is 0 Å². The van der Waals surface area contributed by atoms with Crippen molar-refractivity contribution >= 4 is 23.5 Å². The van der Waals surface area contributed by atoms with Gasteiger partial charge in [-0.3, -0.25) is 14.6 Å². The first-order valence-corrected chi connectivity index (χ1v) is 7.15. The van der Waals surface area contributed by atoms with Gasteiger partial charge in [0.15, 0.2) is 0 Å². The Labute approximate surface area is 131 Å². The molecule has 1 atom stereocenters. The highest BCUT2D eigenvalue weighted by Crippen LogP contribution is 2.28. The van der Waals surface area contributed by atoms with Gasteiger partial charge >= 0.3 is 5.97 Å². The van der Waals surface area contributed by atoms with Crippen molar-refractivity contribution in [2.24, 2.45) is 0 Å². The first-order chi connectivity index (χ1) is 10.5. The van der Waals surface area contributed by atoms with Gasteiger partial charge in [-0.1, -0.05) is 17.7 Å². The van der Waals surface area contributed by atoms with Crippen LogP contribution in [0.5, 0.6) is 0 Å². The molecule has 0 bridgehead atoms. The molecule has 0 aliphatic carbocycles. The highest BCUT2D eigenvalue weighted by molar-refractivity contribution is 6.30. The summed E-state index contributed by atoms with van der Waals surface area (Å²) in [4.78, 5) is 27.0. The van der Waals surface area contributed by atoms with Crippen molar-refractivity contribution in [3.63, 3.8) is 0 Å². The number of nitrogens with zero attached hydrogens (tertiary/aromatic N) is 1. The number of carboxylic acids is 1. The first kappa shape index (κ1) is 14.5. The minimum Gasteiger partial charge on any atom is -0.481 e. The molecule has 0 fully saturated rings. The van der Waals surface area contributed by atoms with E-state index in [1.807, 2.05) is 0 Å². The fourth-order valence-corrected chi connectivity index (χ4v) is 2.83. The molecular formula is C16H13ClN2O3. The van der Waals surface area contributed by atoms with Crippen LogP contribution in [0.2, 0.25) is 5.02 Å². The van der Waals surface area contributed by atoms with E-state index in [0.29, 0.717) is 22.6 Å². The number of aliphatic carboxylic acids is 1. The summed E-state index contributed by atoms with van der Waals surface area (Å²) in [6, 6.07) is 6.72. The molecule has 6 heteroatoms. The number of pyridine rings is 1. The molecule has 2 heterocycles. The van der Waals surface area contributed by atoms with Gasteiger partial charge < -0.3 is 10.4 Å². The van der Waals surface area contributed by atoms with Crippen LogP contribution in [0.4, 0.5) is 0 Å². The van der Waals surface area contributed by atoms with Crippen LogP contribution in [0.15, 0.2) is 36.7 Å². The zero-order valence-electron chi connectivity index (χ0n) is 11.5. The van der Waals surface area contributed by atoms with Gasteiger partial charge in [0.1, 0.15) is 0 Å². The lowest BCUT2D eigenvalue weighted by Crippen LogP contribution is -2.35. The van der Waals surface area contributed by atoms with Crippen molar-refractivity contribution < 1.29 is 14.7 Å². The average molecular weight is 317 g/mol. The summed E-state index contributed by atoms with van der Waals surface area (Å²) in [7, 11) is 0. The Balaban J connectivity index is 1.91. The Morgan fingerprint density at radius 1 is 1.36 bits per heavy atom. The quantitative estimate of drug-likeness (QED) is 0.911. The lowest BCUT2D eigenvalue weighted by Gasteiger charge is -2.26. The topological polar surface area (TPSA) is 79.3 Å². The third kappa shape index (κ3) is 2.94. The van der Waals surface area contributed by atoms with Crippen molar-refractivity contribution in [1.29, 1.82) is 0 Å². The molecule has 3 rings (SSSR count). The summed E-state index contributed by atoms with van der Waals surface area (Å²) in [6.07, 6.45) is 3.67. The molecule has 1 aromatic carbocycles. The van der Waals surface area contributed by atoms with Crippen LogP contribution in [-0.4, -0.2) is 22.0 Å². The van der Waals surface area contributed by atoms with E-state index in [1.54, 1.807) is 30.5 Å². The largest absolute Gasteiger partial charge is 0.481 e. The molecule has 1 unspecified atom stereocenters. The minimum atomic E-state index is -0.913. The number of aromatic nitrogens is 1. The van der Waals surface area contributed by atoms with E-state index < -0.39 is 5.97 Å². The molecule has 1 aliphatic heterocycles. The summed E-state index contributed by atoms with van der Waals surface area (Å²) in [5, 5.41) is 12.4. The number of carbonyl (C=O) groups is 2. The lowest BCUT2D eigenvalue weighted by molar-refractivity contribution is -0.136. The predicted molar refractivity (Wildman–Crippen MR) is 80.9 cm³/mol. The van der Waals surface area contributed by atoms with Gasteiger partial charge in [-0.2, -0.15) is 0 Å². The maximum atomic E-state index is 12.2. The predicted octanol–water partition coefficient (Wildman–Crippen LogP) is 2.39. The minimum absolute atomic E-state index is 0.0933. The number of carboxylic acid groups (broad SMARTS) is 1. The Bertz CT molecular complexity index is 761. The Hall–Kier alpha value is -2.40. The Morgan fingerprint density at radius 2 is 2.18 bits per heavy atom. The number of rotatable bonds is 3. The van der Waals surface area contributed by atoms with Crippen LogP contribution in [0.25, 0.3) is 0 Å². The van der Waals surface area contributed by atoms with Crippen LogP contribution in [0, 0.1) is 0 Å². The van der Waals surface area contributed by atoms with E-state index in [2.05, 4.69) is 10.3 Å². The SMILES string of the molecule is O=C(O)Cc1cncc(C2Cc3cc(Cl)ccc3C(=O)N2)c1. The van der Waals surface area contributed by atoms with Crippen LogP contribution in [0.1, 0.15) is 33.1 Å². The average Bonchev–Trinajstić information content (AvgIpc) is 2.46. The van der Waals surface area contributed by atoms with Crippen LogP contribution in [-0.2, 0) is 17.6 Å². The van der Waals surface area contributed by atoms with E-state index in [4.69, 9.17) is 16.7 Å². The van der Waals surface area contributed by atoms with Crippen molar-refractivity contribution in [2.75, 3.05) is 0 Å². The molecule has 0 saturated carbocycles. The molecule has 1 aliphatic rings. The molecule has 1 amide bonds. The lowest BCUT2D eigenvalue weighted by atomic mass is 9.91. The van der Waals surface area contributed by atoms with Gasteiger partial charge in [0.25, 0.3) is 5.91 Å². The summed E-state index contributed by atoms with van der Waals surface area (Å²) >= 11 is 5.99. The van der Waals surface area contributed by atoms with Crippen molar-refractivity contribution in [3.8, 4) is 0 Å². The third-order valence-corrected chi connectivity index (χ3v) is 3.85. The zero-order chi connectivity index (χ0) is 15.7. The highest BCUT2D eigenvalue weighted by Gasteiger charge is 2.25. The van der Waals surface area contributed by atoms with Crippen LogP contribution >= 0.6 is 11.6 Å². The van der Waals surface area contributed by atoms with E-state index >= 15 is 0 Å². The normalized spacial score (nSPS) is 16.8. The molecular weight excluding hydrogens is 304 g/mol.